The van der Waals surface area contributed by atoms with E-state index in [-0.39, 0.29) is 18.5 Å². The molecule has 0 aromatic carbocycles. The summed E-state index contributed by atoms with van der Waals surface area (Å²) in [6, 6.07) is -0.281. The fourth-order valence-electron chi connectivity index (χ4n) is 3.00. The minimum atomic E-state index is -0.872. The monoisotopic (exact) mass is 311 g/mol. The number of hydrogen-bond acceptors (Lipinski definition) is 3. The molecule has 2 rings (SSSR count). The van der Waals surface area contributed by atoms with Gasteiger partial charge in [-0.2, -0.15) is 0 Å². The van der Waals surface area contributed by atoms with Crippen molar-refractivity contribution in [1.29, 1.82) is 0 Å². The van der Waals surface area contributed by atoms with Gasteiger partial charge in [0, 0.05) is 39.1 Å². The number of rotatable bonds is 4. The Balaban J connectivity index is 1.70. The van der Waals surface area contributed by atoms with E-state index < -0.39 is 11.4 Å². The zero-order valence-electron chi connectivity index (χ0n) is 13.1. The minimum Gasteiger partial charge on any atom is -0.481 e. The number of hydrogen-bond donors (Lipinski definition) is 2. The molecule has 0 aromatic rings. The molecule has 22 heavy (non-hydrogen) atoms. The van der Waals surface area contributed by atoms with E-state index in [1.54, 1.807) is 6.92 Å². The van der Waals surface area contributed by atoms with Gasteiger partial charge >= 0.3 is 12.0 Å². The molecule has 1 unspecified atom stereocenters. The number of carbonyl (C=O) groups excluding carboxylic acids is 2. The highest BCUT2D eigenvalue weighted by atomic mass is 16.4. The van der Waals surface area contributed by atoms with Gasteiger partial charge in [0.2, 0.25) is 5.91 Å². The minimum absolute atomic E-state index is 0.0804. The lowest BCUT2D eigenvalue weighted by Crippen LogP contribution is -2.43. The maximum atomic E-state index is 12.0. The molecular formula is C15H25N3O4. The van der Waals surface area contributed by atoms with Crippen LogP contribution in [0.4, 0.5) is 4.79 Å². The zero-order chi connectivity index (χ0) is 16.2. The number of urea groups is 1. The second-order valence-electron chi connectivity index (χ2n) is 6.46. The second kappa shape index (κ2) is 6.98. The molecule has 3 amide bonds. The zero-order valence-corrected chi connectivity index (χ0v) is 13.1. The van der Waals surface area contributed by atoms with E-state index in [0.29, 0.717) is 25.9 Å². The number of likely N-dealkylation sites (tertiary alicyclic amines) is 2. The van der Waals surface area contributed by atoms with Crippen LogP contribution in [0.25, 0.3) is 0 Å². The summed E-state index contributed by atoms with van der Waals surface area (Å²) in [6.07, 6.45) is 4.05. The molecule has 2 saturated heterocycles. The maximum Gasteiger partial charge on any atom is 0.317 e. The normalized spacial score (nSPS) is 25.1. The summed E-state index contributed by atoms with van der Waals surface area (Å²) in [4.78, 5) is 38.5. The summed E-state index contributed by atoms with van der Waals surface area (Å²) in [6.45, 7) is 4.24. The largest absolute Gasteiger partial charge is 0.481 e. The van der Waals surface area contributed by atoms with Crippen LogP contribution >= 0.6 is 0 Å². The van der Waals surface area contributed by atoms with Crippen molar-refractivity contribution < 1.29 is 19.5 Å². The molecule has 2 heterocycles. The predicted molar refractivity (Wildman–Crippen MR) is 80.4 cm³/mol. The Morgan fingerprint density at radius 2 is 1.77 bits per heavy atom. The van der Waals surface area contributed by atoms with E-state index in [1.807, 2.05) is 4.90 Å². The van der Waals surface area contributed by atoms with Gasteiger partial charge in [-0.05, 0) is 32.6 Å². The number of aliphatic carboxylic acids is 1. The topological polar surface area (TPSA) is 90.0 Å². The first-order valence-electron chi connectivity index (χ1n) is 7.96. The first kappa shape index (κ1) is 16.6. The van der Waals surface area contributed by atoms with Crippen molar-refractivity contribution in [3.05, 3.63) is 0 Å². The number of nitrogens with one attached hydrogen (secondary N) is 1. The van der Waals surface area contributed by atoms with Crippen LogP contribution in [0.2, 0.25) is 0 Å². The summed E-state index contributed by atoms with van der Waals surface area (Å²) >= 11 is 0. The molecule has 0 aliphatic carbocycles. The van der Waals surface area contributed by atoms with Gasteiger partial charge in [0.25, 0.3) is 0 Å². The molecule has 0 saturated carbocycles. The third-order valence-corrected chi connectivity index (χ3v) is 4.60. The first-order chi connectivity index (χ1) is 10.4. The van der Waals surface area contributed by atoms with Crippen LogP contribution in [0.3, 0.4) is 0 Å². The molecular weight excluding hydrogens is 286 g/mol. The highest BCUT2D eigenvalue weighted by molar-refractivity contribution is 5.80. The van der Waals surface area contributed by atoms with Gasteiger partial charge in [-0.25, -0.2) is 4.79 Å². The fraction of sp³-hybridized carbons (Fsp3) is 0.800. The van der Waals surface area contributed by atoms with Crippen molar-refractivity contribution >= 4 is 17.9 Å². The standard InChI is InChI=1S/C15H25N3O4/c1-15(13(20)21)6-10-18(11-15)14(22)16-7-5-12(19)17-8-3-2-4-9-17/h2-11H2,1H3,(H,16,22)(H,20,21). The smallest absolute Gasteiger partial charge is 0.317 e. The Bertz CT molecular complexity index is 448. The van der Waals surface area contributed by atoms with Crippen molar-refractivity contribution in [3.63, 3.8) is 0 Å². The molecule has 7 nitrogen and oxygen atoms in total. The maximum absolute atomic E-state index is 12.0. The van der Waals surface area contributed by atoms with Crippen molar-refractivity contribution in [2.75, 3.05) is 32.7 Å². The third-order valence-electron chi connectivity index (χ3n) is 4.60. The summed E-state index contributed by atoms with van der Waals surface area (Å²) in [5.41, 5.74) is -0.860. The van der Waals surface area contributed by atoms with Crippen LogP contribution in [0.15, 0.2) is 0 Å². The van der Waals surface area contributed by atoms with Crippen molar-refractivity contribution in [2.45, 2.75) is 39.0 Å². The molecule has 0 bridgehead atoms. The number of piperidine rings is 1. The Morgan fingerprint density at radius 3 is 2.36 bits per heavy atom. The Kier molecular flexibility index (Phi) is 5.26. The first-order valence-corrected chi connectivity index (χ1v) is 7.96. The lowest BCUT2D eigenvalue weighted by molar-refractivity contribution is -0.147. The van der Waals surface area contributed by atoms with Crippen LogP contribution in [0, 0.1) is 5.41 Å². The number of amides is 3. The van der Waals surface area contributed by atoms with E-state index >= 15 is 0 Å². The van der Waals surface area contributed by atoms with E-state index in [1.165, 1.54) is 11.3 Å². The molecule has 2 N–H and O–H groups in total. The van der Waals surface area contributed by atoms with Crippen LogP contribution in [-0.4, -0.2) is 65.5 Å². The average molecular weight is 311 g/mol. The van der Waals surface area contributed by atoms with Crippen molar-refractivity contribution in [1.82, 2.24) is 15.1 Å². The Labute approximate surface area is 130 Å². The van der Waals surface area contributed by atoms with Gasteiger partial charge in [-0.15, -0.1) is 0 Å². The molecule has 0 spiro atoms. The van der Waals surface area contributed by atoms with Crippen LogP contribution in [-0.2, 0) is 9.59 Å². The quantitative estimate of drug-likeness (QED) is 0.807. The molecule has 2 aliphatic rings. The number of carboxylic acid groups (broad SMARTS) is 1. The molecule has 0 radical (unpaired) electrons. The molecule has 0 aromatic heterocycles. The van der Waals surface area contributed by atoms with Gasteiger partial charge in [0.15, 0.2) is 0 Å². The third kappa shape index (κ3) is 3.90. The molecule has 7 heteroatoms. The second-order valence-corrected chi connectivity index (χ2v) is 6.46. The SMILES string of the molecule is CC1(C(=O)O)CCN(C(=O)NCCC(=O)N2CCCCC2)C1. The molecule has 124 valence electrons. The van der Waals surface area contributed by atoms with E-state index in [9.17, 15) is 14.4 Å². The molecule has 2 fully saturated rings. The van der Waals surface area contributed by atoms with Gasteiger partial charge < -0.3 is 20.2 Å². The van der Waals surface area contributed by atoms with Crippen LogP contribution in [0.1, 0.15) is 39.0 Å². The number of carboxylic acids is 1. The van der Waals surface area contributed by atoms with Crippen molar-refractivity contribution in [3.8, 4) is 0 Å². The lowest BCUT2D eigenvalue weighted by atomic mass is 9.90. The van der Waals surface area contributed by atoms with E-state index in [2.05, 4.69) is 5.32 Å². The van der Waals surface area contributed by atoms with Gasteiger partial charge in [-0.3, -0.25) is 9.59 Å². The van der Waals surface area contributed by atoms with Crippen molar-refractivity contribution in [2.24, 2.45) is 5.41 Å². The summed E-state index contributed by atoms with van der Waals surface area (Å²) in [5.74, 6) is -0.792. The van der Waals surface area contributed by atoms with Crippen LogP contribution in [0.5, 0.6) is 0 Å². The summed E-state index contributed by atoms with van der Waals surface area (Å²) in [7, 11) is 0. The van der Waals surface area contributed by atoms with Gasteiger partial charge in [0.1, 0.15) is 0 Å². The molecule has 1 atom stereocenters. The predicted octanol–water partition coefficient (Wildman–Crippen LogP) is 0.895. The summed E-state index contributed by atoms with van der Waals surface area (Å²) < 4.78 is 0. The van der Waals surface area contributed by atoms with Gasteiger partial charge in [0.05, 0.1) is 5.41 Å². The van der Waals surface area contributed by atoms with Crippen LogP contribution < -0.4 is 5.32 Å². The van der Waals surface area contributed by atoms with E-state index in [4.69, 9.17) is 5.11 Å². The Morgan fingerprint density at radius 1 is 1.09 bits per heavy atom. The highest BCUT2D eigenvalue weighted by Gasteiger charge is 2.42. The van der Waals surface area contributed by atoms with E-state index in [0.717, 1.165) is 25.9 Å². The van der Waals surface area contributed by atoms with Gasteiger partial charge in [-0.1, -0.05) is 0 Å². The lowest BCUT2D eigenvalue weighted by Gasteiger charge is -2.27. The summed E-state index contributed by atoms with van der Waals surface area (Å²) in [5, 5.41) is 11.9. The average Bonchev–Trinajstić information content (AvgIpc) is 2.92. The fourth-order valence-corrected chi connectivity index (χ4v) is 3.00. The number of carbonyl (C=O) groups is 3. The number of nitrogens with zero attached hydrogens (tertiary/aromatic N) is 2. The molecule has 2 aliphatic heterocycles. The highest BCUT2D eigenvalue weighted by Crippen LogP contribution is 2.29. The Hall–Kier alpha value is -1.79.